The van der Waals surface area contributed by atoms with Crippen LogP contribution in [0.1, 0.15) is 6.23 Å². The summed E-state index contributed by atoms with van der Waals surface area (Å²) >= 11 is 3.13. The van der Waals surface area contributed by atoms with Gasteiger partial charge in [-0.3, -0.25) is 9.09 Å². The summed E-state index contributed by atoms with van der Waals surface area (Å²) in [5.74, 6) is 0.0201. The third kappa shape index (κ3) is 5.78. The van der Waals surface area contributed by atoms with Crippen LogP contribution in [0.5, 0.6) is 0 Å². The molecule has 2 aromatic heterocycles. The maximum absolute atomic E-state index is 11.8. The summed E-state index contributed by atoms with van der Waals surface area (Å²) in [6.07, 6.45) is -5.03. The van der Waals surface area contributed by atoms with Crippen LogP contribution in [0.25, 0.3) is 11.2 Å². The van der Waals surface area contributed by atoms with Crippen LogP contribution >= 0.6 is 39.4 Å². The molecule has 22 heteroatoms. The number of hydrogen-bond donors (Lipinski definition) is 7. The summed E-state index contributed by atoms with van der Waals surface area (Å²) in [5.41, 5.74) is 5.99. The van der Waals surface area contributed by atoms with Gasteiger partial charge in [0.05, 0.1) is 6.61 Å². The Balaban J connectivity index is 1.73. The Hall–Kier alpha value is -0.880. The zero-order chi connectivity index (χ0) is 24.1. The highest BCUT2D eigenvalue weighted by Gasteiger charge is 2.47. The van der Waals surface area contributed by atoms with Gasteiger partial charge in [-0.25, -0.2) is 28.6 Å². The van der Waals surface area contributed by atoms with Crippen LogP contribution in [0.3, 0.4) is 0 Å². The van der Waals surface area contributed by atoms with Gasteiger partial charge in [0.25, 0.3) is 0 Å². The Morgan fingerprint density at radius 2 is 1.75 bits per heavy atom. The fourth-order valence-corrected chi connectivity index (χ4v) is 6.25. The first-order chi connectivity index (χ1) is 14.6. The maximum atomic E-state index is 11.8. The zero-order valence-corrected chi connectivity index (χ0v) is 19.5. The number of ether oxygens (including phenoxy) is 1. The predicted molar refractivity (Wildman–Crippen MR) is 103 cm³/mol. The van der Waals surface area contributed by atoms with Crippen molar-refractivity contribution in [1.82, 2.24) is 19.5 Å². The van der Waals surface area contributed by atoms with Gasteiger partial charge in [-0.05, 0) is 15.9 Å². The van der Waals surface area contributed by atoms with Crippen LogP contribution in [-0.2, 0) is 31.6 Å². The molecule has 0 aromatic carbocycles. The number of phosphoric acid groups is 3. The highest BCUT2D eigenvalue weighted by atomic mass is 79.9. The largest absolute Gasteiger partial charge is 0.490 e. The van der Waals surface area contributed by atoms with Crippen LogP contribution in [-0.4, -0.2) is 74.2 Å². The Morgan fingerprint density at radius 3 is 2.38 bits per heavy atom. The van der Waals surface area contributed by atoms with E-state index in [1.54, 1.807) is 0 Å². The highest BCUT2D eigenvalue weighted by Crippen LogP contribution is 2.66. The number of nitrogen functional groups attached to an aromatic ring is 1. The first-order valence-electron chi connectivity index (χ1n) is 8.04. The molecule has 4 unspecified atom stereocenters. The standard InChI is InChI=1S/C10H15BrN5O13P3/c11-10-15-4-7(12)13-2-14-8(4)16(10)9-6(18)5(17)3(27-9)1-26-31(22,23)29-32(24,25)28-30(19,20)21/h2-3,5-6,9,17-18H,1H2,(H,22,23)(H,24,25)(H2,12,13,14)(H2,19,20,21)/t3-,5?,6?,9-/m1/s1. The third-order valence-corrected chi connectivity index (χ3v) is 8.23. The van der Waals surface area contributed by atoms with Gasteiger partial charge < -0.3 is 40.3 Å². The van der Waals surface area contributed by atoms with Crippen molar-refractivity contribution in [3.8, 4) is 0 Å². The number of aliphatic hydroxyl groups is 2. The quantitative estimate of drug-likeness (QED) is 0.146. The summed E-state index contributed by atoms with van der Waals surface area (Å²) in [7, 11) is -16.7. The lowest BCUT2D eigenvalue weighted by molar-refractivity contribution is -0.0513. The summed E-state index contributed by atoms with van der Waals surface area (Å²) in [6, 6.07) is 0. The number of nitrogens with zero attached hydrogens (tertiary/aromatic N) is 4. The van der Waals surface area contributed by atoms with E-state index in [9.17, 15) is 28.8 Å². The summed E-state index contributed by atoms with van der Waals surface area (Å²) in [6.45, 7) is -0.972. The normalized spacial score (nSPS) is 28.0. The summed E-state index contributed by atoms with van der Waals surface area (Å²) < 4.78 is 52.2. The van der Waals surface area contributed by atoms with Crippen molar-refractivity contribution in [2.75, 3.05) is 12.3 Å². The molecule has 6 atom stereocenters. The van der Waals surface area contributed by atoms with E-state index in [4.69, 9.17) is 25.2 Å². The number of anilines is 1. The molecule has 18 nitrogen and oxygen atoms in total. The molecule has 8 N–H and O–H groups in total. The molecule has 0 spiro atoms. The maximum Gasteiger partial charge on any atom is 0.490 e. The molecule has 1 aliphatic heterocycles. The average Bonchev–Trinajstić information content (AvgIpc) is 3.08. The summed E-state index contributed by atoms with van der Waals surface area (Å²) in [5, 5.41) is 20.6. The van der Waals surface area contributed by atoms with E-state index in [1.807, 2.05) is 0 Å². The number of aliphatic hydroxyl groups excluding tert-OH is 2. The smallest absolute Gasteiger partial charge is 0.387 e. The molecule has 1 saturated heterocycles. The minimum atomic E-state index is -5.71. The third-order valence-electron chi connectivity index (χ3n) is 3.87. The number of hydrogen-bond acceptors (Lipinski definition) is 13. The Bertz CT molecular complexity index is 1160. The molecule has 1 fully saturated rings. The highest BCUT2D eigenvalue weighted by molar-refractivity contribution is 9.10. The minimum Gasteiger partial charge on any atom is -0.387 e. The van der Waals surface area contributed by atoms with E-state index in [0.29, 0.717) is 0 Å². The van der Waals surface area contributed by atoms with Crippen molar-refractivity contribution in [3.05, 3.63) is 11.1 Å². The number of fused-ring (bicyclic) bond motifs is 1. The van der Waals surface area contributed by atoms with Gasteiger partial charge in [-0.1, -0.05) is 0 Å². The van der Waals surface area contributed by atoms with Crippen LogP contribution in [0.2, 0.25) is 0 Å². The molecule has 3 heterocycles. The molecule has 3 rings (SSSR count). The molecule has 0 saturated carbocycles. The van der Waals surface area contributed by atoms with Crippen molar-refractivity contribution >= 4 is 56.4 Å². The second-order valence-corrected chi connectivity index (χ2v) is 11.2. The number of imidazole rings is 1. The van der Waals surface area contributed by atoms with Crippen LogP contribution < -0.4 is 5.73 Å². The zero-order valence-electron chi connectivity index (χ0n) is 15.2. The van der Waals surface area contributed by atoms with Gasteiger partial charge in [0.15, 0.2) is 27.9 Å². The lowest BCUT2D eigenvalue weighted by Crippen LogP contribution is -2.33. The van der Waals surface area contributed by atoms with Gasteiger partial charge in [0.2, 0.25) is 0 Å². The molecule has 0 aliphatic carbocycles. The molecular formula is C10H15BrN5O13P3. The predicted octanol–water partition coefficient (Wildman–Crippen LogP) is -0.867. The first-order valence-corrected chi connectivity index (χ1v) is 13.4. The Morgan fingerprint density at radius 1 is 1.09 bits per heavy atom. The van der Waals surface area contributed by atoms with Crippen molar-refractivity contribution in [3.63, 3.8) is 0 Å². The summed E-state index contributed by atoms with van der Waals surface area (Å²) in [4.78, 5) is 47.5. The second-order valence-electron chi connectivity index (χ2n) is 6.11. The molecule has 2 aromatic rings. The van der Waals surface area contributed by atoms with Crippen LogP contribution in [0, 0.1) is 0 Å². The topological polar surface area (TPSA) is 279 Å². The van der Waals surface area contributed by atoms with Gasteiger partial charge in [0.1, 0.15) is 24.6 Å². The molecule has 32 heavy (non-hydrogen) atoms. The fourth-order valence-electron chi connectivity index (χ4n) is 2.68. The van der Waals surface area contributed by atoms with Crippen molar-refractivity contribution in [1.29, 1.82) is 0 Å². The molecule has 1 aliphatic rings. The first kappa shape index (κ1) is 25.7. The average molecular weight is 586 g/mol. The van der Waals surface area contributed by atoms with E-state index in [1.165, 1.54) is 4.57 Å². The number of halogens is 1. The van der Waals surface area contributed by atoms with Crippen LogP contribution in [0.15, 0.2) is 11.1 Å². The Labute approximate surface area is 185 Å². The van der Waals surface area contributed by atoms with Gasteiger partial charge in [0, 0.05) is 0 Å². The Kier molecular flexibility index (Phi) is 7.28. The number of rotatable bonds is 8. The monoisotopic (exact) mass is 585 g/mol. The van der Waals surface area contributed by atoms with Gasteiger partial charge in [-0.2, -0.15) is 8.62 Å². The molecule has 0 amide bonds. The van der Waals surface area contributed by atoms with Crippen molar-refractivity contribution < 1.29 is 61.4 Å². The van der Waals surface area contributed by atoms with Crippen LogP contribution in [0.4, 0.5) is 5.82 Å². The van der Waals surface area contributed by atoms with E-state index >= 15 is 0 Å². The van der Waals surface area contributed by atoms with E-state index in [0.717, 1.165) is 6.33 Å². The van der Waals surface area contributed by atoms with E-state index in [2.05, 4.69) is 44.0 Å². The van der Waals surface area contributed by atoms with Crippen molar-refractivity contribution in [2.24, 2.45) is 0 Å². The van der Waals surface area contributed by atoms with Gasteiger partial charge in [-0.15, -0.1) is 0 Å². The lowest BCUT2D eigenvalue weighted by Gasteiger charge is -2.19. The molecule has 180 valence electrons. The van der Waals surface area contributed by atoms with Crippen molar-refractivity contribution in [2.45, 2.75) is 24.5 Å². The molecular weight excluding hydrogens is 571 g/mol. The second kappa shape index (κ2) is 9.05. The molecule has 0 bridgehead atoms. The minimum absolute atomic E-state index is 0.0201. The number of aromatic nitrogens is 4. The number of phosphoric ester groups is 1. The molecule has 0 radical (unpaired) electrons. The lowest BCUT2D eigenvalue weighted by atomic mass is 10.1. The van der Waals surface area contributed by atoms with E-state index < -0.39 is 54.6 Å². The number of nitrogens with two attached hydrogens (primary N) is 1. The van der Waals surface area contributed by atoms with E-state index in [-0.39, 0.29) is 21.7 Å². The van der Waals surface area contributed by atoms with Gasteiger partial charge >= 0.3 is 23.5 Å². The fraction of sp³-hybridized carbons (Fsp3) is 0.500. The SMILES string of the molecule is Nc1ncnc2c1nc(Br)n2[C@@H]1O[C@H](COP(=O)(O)OP(=O)(O)OP(=O)(O)O)C(O)C1O.